The Morgan fingerprint density at radius 3 is 2.60 bits per heavy atom. The largest absolute Gasteiger partial charge is 0.484 e. The quantitative estimate of drug-likeness (QED) is 0.702. The van der Waals surface area contributed by atoms with Crippen molar-refractivity contribution in [1.29, 1.82) is 0 Å². The first kappa shape index (κ1) is 17.1. The molecule has 0 heterocycles. The number of alkyl halides is 1. The fourth-order valence-corrected chi connectivity index (χ4v) is 2.33. The molecule has 1 aromatic carbocycles. The van der Waals surface area contributed by atoms with Crippen LogP contribution in [-0.2, 0) is 4.79 Å². The summed E-state index contributed by atoms with van der Waals surface area (Å²) in [5, 5.41) is 3.53. The molecule has 1 unspecified atom stereocenters. The highest BCUT2D eigenvalue weighted by Gasteiger charge is 2.09. The van der Waals surface area contributed by atoms with Gasteiger partial charge in [0.2, 0.25) is 0 Å². The number of benzene rings is 1. The monoisotopic (exact) mass is 317 g/mol. The second-order valence-electron chi connectivity index (χ2n) is 4.68. The van der Waals surface area contributed by atoms with Crippen molar-refractivity contribution in [3.05, 3.63) is 29.3 Å². The van der Waals surface area contributed by atoms with Crippen molar-refractivity contribution >= 4 is 29.1 Å². The van der Waals surface area contributed by atoms with Gasteiger partial charge in [-0.1, -0.05) is 24.9 Å². The van der Waals surface area contributed by atoms with Crippen molar-refractivity contribution in [2.24, 2.45) is 5.92 Å². The predicted molar refractivity (Wildman–Crippen MR) is 83.7 cm³/mol. The van der Waals surface area contributed by atoms with Crippen molar-refractivity contribution in [2.45, 2.75) is 26.2 Å². The molecule has 0 spiro atoms. The lowest BCUT2D eigenvalue weighted by Crippen LogP contribution is -2.33. The van der Waals surface area contributed by atoms with E-state index in [2.05, 4.69) is 12.2 Å². The van der Waals surface area contributed by atoms with Crippen molar-refractivity contribution in [3.63, 3.8) is 0 Å². The van der Waals surface area contributed by atoms with Gasteiger partial charge in [-0.2, -0.15) is 0 Å². The zero-order chi connectivity index (χ0) is 14.8. The van der Waals surface area contributed by atoms with E-state index in [0.29, 0.717) is 29.1 Å². The summed E-state index contributed by atoms with van der Waals surface area (Å²) >= 11 is 11.5. The molecule has 0 radical (unpaired) electrons. The number of rotatable bonds is 9. The number of ether oxygens (including phenoxy) is 1. The summed E-state index contributed by atoms with van der Waals surface area (Å²) in [7, 11) is 0. The Balaban J connectivity index is 2.27. The molecule has 0 aliphatic heterocycles. The van der Waals surface area contributed by atoms with Crippen molar-refractivity contribution < 1.29 is 9.53 Å². The van der Waals surface area contributed by atoms with E-state index in [-0.39, 0.29) is 12.5 Å². The third kappa shape index (κ3) is 7.01. The number of nitrogens with one attached hydrogen (secondary N) is 1. The lowest BCUT2D eigenvalue weighted by atomic mass is 10.0. The topological polar surface area (TPSA) is 38.3 Å². The van der Waals surface area contributed by atoms with Crippen LogP contribution in [0.5, 0.6) is 5.75 Å². The minimum Gasteiger partial charge on any atom is -0.484 e. The van der Waals surface area contributed by atoms with Crippen LogP contribution < -0.4 is 10.1 Å². The average Bonchev–Trinajstić information content (AvgIpc) is 2.44. The Labute approximate surface area is 130 Å². The maximum atomic E-state index is 11.7. The molecule has 3 nitrogen and oxygen atoms in total. The fourth-order valence-electron chi connectivity index (χ4n) is 1.90. The van der Waals surface area contributed by atoms with E-state index in [1.165, 1.54) is 0 Å². The van der Waals surface area contributed by atoms with E-state index in [1.807, 2.05) is 0 Å². The Hall–Kier alpha value is -0.930. The van der Waals surface area contributed by atoms with Gasteiger partial charge in [0.15, 0.2) is 6.61 Å². The van der Waals surface area contributed by atoms with Crippen LogP contribution in [-0.4, -0.2) is 24.9 Å². The molecule has 1 amide bonds. The summed E-state index contributed by atoms with van der Waals surface area (Å²) < 4.78 is 5.38. The van der Waals surface area contributed by atoms with Crippen LogP contribution in [0.25, 0.3) is 0 Å². The van der Waals surface area contributed by atoms with Crippen LogP contribution in [0.4, 0.5) is 0 Å². The normalized spacial score (nSPS) is 11.9. The average molecular weight is 318 g/mol. The molecule has 0 bridgehead atoms. The Morgan fingerprint density at radius 1 is 1.30 bits per heavy atom. The first-order valence-electron chi connectivity index (χ1n) is 6.86. The predicted octanol–water partition coefficient (Wildman–Crippen LogP) is 3.88. The maximum absolute atomic E-state index is 11.7. The molecule has 0 aromatic heterocycles. The summed E-state index contributed by atoms with van der Waals surface area (Å²) in [5.74, 6) is 1.59. The van der Waals surface area contributed by atoms with Gasteiger partial charge in [-0.3, -0.25) is 4.79 Å². The SMILES string of the molecule is CCCC(CCCl)CNC(=O)COc1ccc(Cl)cc1. The van der Waals surface area contributed by atoms with Crippen LogP contribution in [0.2, 0.25) is 5.02 Å². The van der Waals surface area contributed by atoms with E-state index in [1.54, 1.807) is 24.3 Å². The molecule has 1 rings (SSSR count). The summed E-state index contributed by atoms with van der Waals surface area (Å²) in [5.41, 5.74) is 0. The Bertz CT molecular complexity index is 389. The molecule has 1 atom stereocenters. The lowest BCUT2D eigenvalue weighted by molar-refractivity contribution is -0.123. The molecular formula is C15H21Cl2NO2. The van der Waals surface area contributed by atoms with Gasteiger partial charge in [-0.05, 0) is 43.0 Å². The number of hydrogen-bond donors (Lipinski definition) is 1. The van der Waals surface area contributed by atoms with Gasteiger partial charge in [0.25, 0.3) is 5.91 Å². The summed E-state index contributed by atoms with van der Waals surface area (Å²) in [6.45, 7) is 2.80. The number of hydrogen-bond acceptors (Lipinski definition) is 2. The highest BCUT2D eigenvalue weighted by Crippen LogP contribution is 2.15. The minimum absolute atomic E-state index is 0.0152. The molecule has 0 saturated heterocycles. The van der Waals surface area contributed by atoms with Crippen LogP contribution in [0, 0.1) is 5.92 Å². The zero-order valence-electron chi connectivity index (χ0n) is 11.7. The van der Waals surface area contributed by atoms with Gasteiger partial charge in [-0.15, -0.1) is 11.6 Å². The van der Waals surface area contributed by atoms with Gasteiger partial charge in [0.05, 0.1) is 0 Å². The molecule has 0 saturated carbocycles. The summed E-state index contributed by atoms with van der Waals surface area (Å²) in [6, 6.07) is 6.94. The van der Waals surface area contributed by atoms with Crippen molar-refractivity contribution in [1.82, 2.24) is 5.32 Å². The standard InChI is InChI=1S/C15H21Cl2NO2/c1-2-3-12(8-9-16)10-18-15(19)11-20-14-6-4-13(17)5-7-14/h4-7,12H,2-3,8-11H2,1H3,(H,18,19). The van der Waals surface area contributed by atoms with Gasteiger partial charge in [-0.25, -0.2) is 0 Å². The van der Waals surface area contributed by atoms with Crippen LogP contribution in [0.1, 0.15) is 26.2 Å². The molecule has 0 fully saturated rings. The third-order valence-electron chi connectivity index (χ3n) is 2.99. The van der Waals surface area contributed by atoms with E-state index in [0.717, 1.165) is 19.3 Å². The third-order valence-corrected chi connectivity index (χ3v) is 3.46. The second kappa shape index (κ2) is 9.89. The first-order valence-corrected chi connectivity index (χ1v) is 7.78. The molecule has 0 aliphatic rings. The van der Waals surface area contributed by atoms with Gasteiger partial charge in [0.1, 0.15) is 5.75 Å². The molecule has 112 valence electrons. The van der Waals surface area contributed by atoms with E-state index >= 15 is 0 Å². The number of halogens is 2. The van der Waals surface area contributed by atoms with Crippen molar-refractivity contribution in [3.8, 4) is 5.75 Å². The van der Waals surface area contributed by atoms with E-state index in [9.17, 15) is 4.79 Å². The Kier molecular flexibility index (Phi) is 8.47. The summed E-state index contributed by atoms with van der Waals surface area (Å²) in [4.78, 5) is 11.7. The minimum atomic E-state index is -0.115. The van der Waals surface area contributed by atoms with Gasteiger partial charge >= 0.3 is 0 Å². The molecule has 1 aromatic rings. The summed E-state index contributed by atoms with van der Waals surface area (Å²) in [6.07, 6.45) is 3.09. The first-order chi connectivity index (χ1) is 9.65. The number of amides is 1. The fraction of sp³-hybridized carbons (Fsp3) is 0.533. The number of carbonyl (C=O) groups excluding carboxylic acids is 1. The van der Waals surface area contributed by atoms with Crippen LogP contribution >= 0.6 is 23.2 Å². The van der Waals surface area contributed by atoms with Crippen molar-refractivity contribution in [2.75, 3.05) is 19.0 Å². The lowest BCUT2D eigenvalue weighted by Gasteiger charge is -2.15. The van der Waals surface area contributed by atoms with Gasteiger partial charge in [0, 0.05) is 17.4 Å². The highest BCUT2D eigenvalue weighted by molar-refractivity contribution is 6.30. The van der Waals surface area contributed by atoms with E-state index in [4.69, 9.17) is 27.9 Å². The van der Waals surface area contributed by atoms with Crippen LogP contribution in [0.3, 0.4) is 0 Å². The number of carbonyl (C=O) groups is 1. The smallest absolute Gasteiger partial charge is 0.257 e. The van der Waals surface area contributed by atoms with Gasteiger partial charge < -0.3 is 10.1 Å². The maximum Gasteiger partial charge on any atom is 0.257 e. The second-order valence-corrected chi connectivity index (χ2v) is 5.49. The Morgan fingerprint density at radius 2 is 2.00 bits per heavy atom. The molecule has 20 heavy (non-hydrogen) atoms. The van der Waals surface area contributed by atoms with E-state index < -0.39 is 0 Å². The molecule has 5 heteroatoms. The highest BCUT2D eigenvalue weighted by atomic mass is 35.5. The molecular weight excluding hydrogens is 297 g/mol. The molecule has 0 aliphatic carbocycles. The van der Waals surface area contributed by atoms with Crippen LogP contribution in [0.15, 0.2) is 24.3 Å². The molecule has 1 N–H and O–H groups in total. The zero-order valence-corrected chi connectivity index (χ0v) is 13.2.